The first kappa shape index (κ1) is 19.3. The Morgan fingerprint density at radius 2 is 2.00 bits per heavy atom. The van der Waals surface area contributed by atoms with Gasteiger partial charge >= 0.3 is 11.9 Å². The molecule has 0 aliphatic carbocycles. The monoisotopic (exact) mass is 369 g/mol. The van der Waals surface area contributed by atoms with Gasteiger partial charge in [0.1, 0.15) is 18.8 Å². The summed E-state index contributed by atoms with van der Waals surface area (Å²) in [6, 6.07) is -0.158. The molecule has 3 aliphatic heterocycles. The summed E-state index contributed by atoms with van der Waals surface area (Å²) in [4.78, 5) is 27.5. The number of hydrogen-bond donors (Lipinski definition) is 3. The highest BCUT2D eigenvalue weighted by molar-refractivity contribution is 5.83. The van der Waals surface area contributed by atoms with Gasteiger partial charge in [0.05, 0.1) is 18.1 Å². The quantitative estimate of drug-likeness (QED) is 0.429. The second kappa shape index (κ2) is 6.92. The Hall–Kier alpha value is -1.48. The molecular formula is C18H27NO7. The number of aliphatic hydroxyl groups is 3. The fourth-order valence-electron chi connectivity index (χ4n) is 4.20. The van der Waals surface area contributed by atoms with Gasteiger partial charge in [-0.25, -0.2) is 4.79 Å². The molecule has 8 nitrogen and oxygen atoms in total. The normalized spacial score (nSPS) is 39.7. The number of cyclic esters (lactones) is 1. The van der Waals surface area contributed by atoms with Crippen LogP contribution in [0.2, 0.25) is 0 Å². The van der Waals surface area contributed by atoms with Crippen molar-refractivity contribution in [3.8, 4) is 0 Å². The van der Waals surface area contributed by atoms with E-state index < -0.39 is 41.6 Å². The average molecular weight is 369 g/mol. The maximum absolute atomic E-state index is 12.8. The minimum absolute atomic E-state index is 0.0812. The zero-order valence-corrected chi connectivity index (χ0v) is 15.3. The van der Waals surface area contributed by atoms with Crippen LogP contribution in [-0.4, -0.2) is 81.8 Å². The van der Waals surface area contributed by atoms with Crippen LogP contribution >= 0.6 is 0 Å². The van der Waals surface area contributed by atoms with Gasteiger partial charge in [-0.05, 0) is 24.8 Å². The van der Waals surface area contributed by atoms with E-state index >= 15 is 0 Å². The molecule has 0 amide bonds. The molecule has 0 spiro atoms. The summed E-state index contributed by atoms with van der Waals surface area (Å²) in [5, 5.41) is 31.5. The molecule has 0 saturated carbocycles. The zero-order valence-electron chi connectivity index (χ0n) is 15.3. The highest BCUT2D eigenvalue weighted by Gasteiger charge is 2.56. The van der Waals surface area contributed by atoms with Crippen LogP contribution in [0.25, 0.3) is 0 Å². The summed E-state index contributed by atoms with van der Waals surface area (Å²) < 4.78 is 11.0. The lowest BCUT2D eigenvalue weighted by Crippen LogP contribution is -2.62. The van der Waals surface area contributed by atoms with Crippen molar-refractivity contribution in [3.05, 3.63) is 11.6 Å². The van der Waals surface area contributed by atoms with Crippen LogP contribution in [0, 0.1) is 11.8 Å². The second-order valence-corrected chi connectivity index (χ2v) is 7.77. The highest BCUT2D eigenvalue weighted by Crippen LogP contribution is 2.36. The largest absolute Gasteiger partial charge is 0.460 e. The fraction of sp³-hybridized carbons (Fsp3) is 0.778. The van der Waals surface area contributed by atoms with Gasteiger partial charge in [-0.15, -0.1) is 0 Å². The number of carbonyl (C=O) groups excluding carboxylic acids is 2. The van der Waals surface area contributed by atoms with E-state index in [1.807, 2.05) is 6.08 Å². The Morgan fingerprint density at radius 1 is 1.31 bits per heavy atom. The summed E-state index contributed by atoms with van der Waals surface area (Å²) in [6.45, 7) is 5.92. The van der Waals surface area contributed by atoms with E-state index in [1.54, 1.807) is 13.8 Å². The molecule has 3 heterocycles. The van der Waals surface area contributed by atoms with E-state index in [0.717, 1.165) is 12.1 Å². The first-order valence-electron chi connectivity index (χ1n) is 9.07. The number of carbonyl (C=O) groups is 2. The summed E-state index contributed by atoms with van der Waals surface area (Å²) in [6.07, 6.45) is -1.29. The molecule has 0 aromatic rings. The van der Waals surface area contributed by atoms with Crippen molar-refractivity contribution in [1.29, 1.82) is 0 Å². The number of aliphatic hydroxyl groups excluding tert-OH is 2. The van der Waals surface area contributed by atoms with E-state index in [-0.39, 0.29) is 18.8 Å². The fourth-order valence-corrected chi connectivity index (χ4v) is 4.20. The van der Waals surface area contributed by atoms with Gasteiger partial charge in [0.25, 0.3) is 0 Å². The molecule has 26 heavy (non-hydrogen) atoms. The smallest absolute Gasteiger partial charge is 0.344 e. The Labute approximate surface area is 152 Å². The zero-order chi connectivity index (χ0) is 19.2. The van der Waals surface area contributed by atoms with E-state index in [0.29, 0.717) is 13.0 Å². The van der Waals surface area contributed by atoms with Crippen molar-refractivity contribution in [1.82, 2.24) is 4.90 Å². The maximum atomic E-state index is 12.8. The molecular weight excluding hydrogens is 342 g/mol. The summed E-state index contributed by atoms with van der Waals surface area (Å²) in [7, 11) is 0. The minimum atomic E-state index is -2.62. The van der Waals surface area contributed by atoms with E-state index in [4.69, 9.17) is 9.47 Å². The average Bonchev–Trinajstić information content (AvgIpc) is 3.13. The molecule has 2 fully saturated rings. The predicted molar refractivity (Wildman–Crippen MR) is 89.9 cm³/mol. The third-order valence-corrected chi connectivity index (χ3v) is 5.80. The molecule has 2 saturated heterocycles. The van der Waals surface area contributed by atoms with Crippen LogP contribution in [0.15, 0.2) is 11.6 Å². The van der Waals surface area contributed by atoms with E-state index in [9.17, 15) is 24.9 Å². The van der Waals surface area contributed by atoms with Gasteiger partial charge in [-0.1, -0.05) is 19.9 Å². The second-order valence-electron chi connectivity index (χ2n) is 7.77. The van der Waals surface area contributed by atoms with Crippen molar-refractivity contribution >= 4 is 11.9 Å². The van der Waals surface area contributed by atoms with Crippen LogP contribution in [0.4, 0.5) is 0 Å². The van der Waals surface area contributed by atoms with Crippen LogP contribution in [0.3, 0.4) is 0 Å². The third kappa shape index (κ3) is 2.94. The van der Waals surface area contributed by atoms with Gasteiger partial charge in [0.2, 0.25) is 5.60 Å². The number of nitrogens with zero attached hydrogens (tertiary/aromatic N) is 1. The van der Waals surface area contributed by atoms with Crippen molar-refractivity contribution in [2.24, 2.45) is 11.8 Å². The summed E-state index contributed by atoms with van der Waals surface area (Å²) in [5.41, 5.74) is -1.81. The van der Waals surface area contributed by atoms with Crippen molar-refractivity contribution in [2.45, 2.75) is 57.1 Å². The molecule has 6 atom stereocenters. The first-order valence-corrected chi connectivity index (χ1v) is 9.07. The topological polar surface area (TPSA) is 117 Å². The lowest BCUT2D eigenvalue weighted by Gasteiger charge is -2.37. The van der Waals surface area contributed by atoms with E-state index in [2.05, 4.69) is 4.90 Å². The van der Waals surface area contributed by atoms with Crippen molar-refractivity contribution in [2.75, 3.05) is 19.7 Å². The van der Waals surface area contributed by atoms with Gasteiger partial charge in [0.15, 0.2) is 0 Å². The maximum Gasteiger partial charge on any atom is 0.344 e. The molecule has 3 N–H and O–H groups in total. The molecule has 146 valence electrons. The van der Waals surface area contributed by atoms with Crippen LogP contribution in [0.5, 0.6) is 0 Å². The lowest BCUT2D eigenvalue weighted by molar-refractivity contribution is -0.206. The Balaban J connectivity index is 2.01. The Kier molecular flexibility index (Phi) is 5.13. The SMILES string of the molecule is CC(C)[C@H]1C(=O)O[C@@H]2CCN3CC=C(COC(=O)[C@@](O)([C@@H](C)O)[C@@H]1O)[C@H]23. The number of rotatable bonds is 2. The van der Waals surface area contributed by atoms with Gasteiger partial charge in [-0.3, -0.25) is 9.69 Å². The molecule has 0 unspecified atom stereocenters. The third-order valence-electron chi connectivity index (χ3n) is 5.80. The standard InChI is InChI=1S/C18H27NO7/c1-9(2)13-15(21)18(24,10(3)20)17(23)25-8-11-4-6-19-7-5-12(14(11)19)26-16(13)22/h4,9-10,12-15,20-21,24H,5-8H2,1-3H3/t10-,12-,13-,14-,15-,18-/m1/s1. The molecule has 0 bridgehead atoms. The molecule has 3 aliphatic rings. The molecule has 8 heteroatoms. The van der Waals surface area contributed by atoms with Crippen molar-refractivity contribution < 1.29 is 34.4 Å². The Bertz CT molecular complexity index is 617. The summed E-state index contributed by atoms with van der Waals surface area (Å²) in [5.74, 6) is -3.43. The van der Waals surface area contributed by atoms with Crippen LogP contribution < -0.4 is 0 Å². The molecule has 0 aromatic carbocycles. The molecule has 0 radical (unpaired) electrons. The number of ether oxygens (including phenoxy) is 2. The van der Waals surface area contributed by atoms with Crippen molar-refractivity contribution in [3.63, 3.8) is 0 Å². The highest BCUT2D eigenvalue weighted by atomic mass is 16.6. The predicted octanol–water partition coefficient (Wildman–Crippen LogP) is -0.786. The lowest BCUT2D eigenvalue weighted by atomic mass is 9.78. The van der Waals surface area contributed by atoms with Gasteiger partial charge in [-0.2, -0.15) is 0 Å². The molecule has 3 rings (SSSR count). The minimum Gasteiger partial charge on any atom is -0.460 e. The first-order chi connectivity index (χ1) is 12.2. The van der Waals surface area contributed by atoms with Gasteiger partial charge in [0, 0.05) is 13.1 Å². The Morgan fingerprint density at radius 3 is 2.62 bits per heavy atom. The van der Waals surface area contributed by atoms with Gasteiger partial charge < -0.3 is 24.8 Å². The van der Waals surface area contributed by atoms with Crippen LogP contribution in [0.1, 0.15) is 27.2 Å². The van der Waals surface area contributed by atoms with E-state index in [1.165, 1.54) is 6.92 Å². The molecule has 0 aromatic heterocycles. The number of esters is 2. The summed E-state index contributed by atoms with van der Waals surface area (Å²) >= 11 is 0. The number of hydrogen-bond acceptors (Lipinski definition) is 8. The van der Waals surface area contributed by atoms with Crippen LogP contribution in [-0.2, 0) is 19.1 Å².